The second-order valence-corrected chi connectivity index (χ2v) is 5.30. The van der Waals surface area contributed by atoms with E-state index < -0.39 is 0 Å². The van der Waals surface area contributed by atoms with Gasteiger partial charge in [-0.05, 0) is 23.8 Å². The van der Waals surface area contributed by atoms with Crippen molar-refractivity contribution < 1.29 is 0 Å². The molecular formula is C10H13Cl2NS. The smallest absolute Gasteiger partial charge is 0.129 e. The normalized spacial score (nSPS) is 10.9. The highest BCUT2D eigenvalue weighted by molar-refractivity contribution is 7.98. The van der Waals surface area contributed by atoms with E-state index in [1.807, 2.05) is 11.8 Å². The third-order valence-electron chi connectivity index (χ3n) is 1.57. The Labute approximate surface area is 99.2 Å². The van der Waals surface area contributed by atoms with Crippen LogP contribution in [0.5, 0.6) is 0 Å². The molecule has 0 aliphatic rings. The van der Waals surface area contributed by atoms with E-state index in [4.69, 9.17) is 23.2 Å². The molecule has 0 aliphatic carbocycles. The molecule has 0 aromatic carbocycles. The topological polar surface area (TPSA) is 12.9 Å². The van der Waals surface area contributed by atoms with Gasteiger partial charge < -0.3 is 0 Å². The maximum Gasteiger partial charge on any atom is 0.129 e. The van der Waals surface area contributed by atoms with E-state index in [9.17, 15) is 0 Å². The minimum absolute atomic E-state index is 0.509. The largest absolute Gasteiger partial charge is 0.239 e. The van der Waals surface area contributed by atoms with Crippen LogP contribution >= 0.6 is 35.0 Å². The van der Waals surface area contributed by atoms with Gasteiger partial charge in [-0.1, -0.05) is 37.0 Å². The fourth-order valence-corrected chi connectivity index (χ4v) is 2.37. The van der Waals surface area contributed by atoms with E-state index in [0.717, 1.165) is 17.2 Å². The quantitative estimate of drug-likeness (QED) is 0.740. The summed E-state index contributed by atoms with van der Waals surface area (Å²) in [5.41, 5.74) is 0.879. The predicted molar refractivity (Wildman–Crippen MR) is 65.3 cm³/mol. The van der Waals surface area contributed by atoms with Gasteiger partial charge in [0.15, 0.2) is 0 Å². The minimum atomic E-state index is 0.509. The number of pyridine rings is 1. The lowest BCUT2D eigenvalue weighted by molar-refractivity contribution is 0.750. The van der Waals surface area contributed by atoms with Crippen LogP contribution in [0.3, 0.4) is 0 Å². The first kappa shape index (κ1) is 12.2. The summed E-state index contributed by atoms with van der Waals surface area (Å²) in [5.74, 6) is 2.64. The van der Waals surface area contributed by atoms with Gasteiger partial charge in [-0.3, -0.25) is 0 Å². The SMILES string of the molecule is CC(C)CSCc1nc(Cl)ccc1Cl. The zero-order valence-corrected chi connectivity index (χ0v) is 10.6. The molecule has 0 atom stereocenters. The molecule has 0 N–H and O–H groups in total. The molecule has 1 aromatic heterocycles. The van der Waals surface area contributed by atoms with Gasteiger partial charge in [0, 0.05) is 5.75 Å². The average molecular weight is 250 g/mol. The Morgan fingerprint density at radius 2 is 2.07 bits per heavy atom. The van der Waals surface area contributed by atoms with Crippen molar-refractivity contribution in [3.8, 4) is 0 Å². The van der Waals surface area contributed by atoms with Crippen LogP contribution < -0.4 is 0 Å². The summed E-state index contributed by atoms with van der Waals surface area (Å²) >= 11 is 13.6. The standard InChI is InChI=1S/C10H13Cl2NS/c1-7(2)5-14-6-9-8(11)3-4-10(12)13-9/h3-4,7H,5-6H2,1-2H3. The molecule has 0 spiro atoms. The molecule has 0 saturated heterocycles. The Morgan fingerprint density at radius 3 is 2.71 bits per heavy atom. The molecule has 1 aromatic rings. The van der Waals surface area contributed by atoms with Gasteiger partial charge in [0.05, 0.1) is 10.7 Å². The molecular weight excluding hydrogens is 237 g/mol. The summed E-state index contributed by atoms with van der Waals surface area (Å²) in [4.78, 5) is 4.18. The zero-order chi connectivity index (χ0) is 10.6. The predicted octanol–water partition coefficient (Wildman–Crippen LogP) is 4.28. The molecule has 0 fully saturated rings. The van der Waals surface area contributed by atoms with Crippen LogP contribution in [0.15, 0.2) is 12.1 Å². The second-order valence-electron chi connectivity index (χ2n) is 3.47. The van der Waals surface area contributed by atoms with Crippen molar-refractivity contribution in [1.82, 2.24) is 4.98 Å². The van der Waals surface area contributed by atoms with Gasteiger partial charge in [0.25, 0.3) is 0 Å². The molecule has 78 valence electrons. The van der Waals surface area contributed by atoms with Crippen molar-refractivity contribution in [1.29, 1.82) is 0 Å². The van der Waals surface area contributed by atoms with Crippen LogP contribution in [-0.2, 0) is 5.75 Å². The van der Waals surface area contributed by atoms with Gasteiger partial charge in [-0.15, -0.1) is 0 Å². The van der Waals surface area contributed by atoms with Crippen molar-refractivity contribution in [3.05, 3.63) is 28.0 Å². The fraction of sp³-hybridized carbons (Fsp3) is 0.500. The molecule has 0 aliphatic heterocycles. The van der Waals surface area contributed by atoms with Crippen LogP contribution in [0.2, 0.25) is 10.2 Å². The second kappa shape index (κ2) is 5.84. The molecule has 1 rings (SSSR count). The van der Waals surface area contributed by atoms with E-state index in [2.05, 4.69) is 18.8 Å². The Kier molecular flexibility index (Phi) is 5.07. The van der Waals surface area contributed by atoms with Crippen LogP contribution in [0.25, 0.3) is 0 Å². The maximum atomic E-state index is 5.98. The number of hydrogen-bond acceptors (Lipinski definition) is 2. The molecule has 0 bridgehead atoms. The molecule has 0 radical (unpaired) electrons. The third kappa shape index (κ3) is 4.07. The number of hydrogen-bond donors (Lipinski definition) is 0. The molecule has 1 nitrogen and oxygen atoms in total. The maximum absolute atomic E-state index is 5.98. The van der Waals surface area contributed by atoms with E-state index in [1.54, 1.807) is 12.1 Å². The summed E-state index contributed by atoms with van der Waals surface area (Å²) in [5, 5.41) is 1.21. The van der Waals surface area contributed by atoms with E-state index in [1.165, 1.54) is 0 Å². The zero-order valence-electron chi connectivity index (χ0n) is 8.26. The molecule has 4 heteroatoms. The minimum Gasteiger partial charge on any atom is -0.239 e. The first-order valence-corrected chi connectivity index (χ1v) is 6.39. The lowest BCUT2D eigenvalue weighted by atomic mass is 10.3. The monoisotopic (exact) mass is 249 g/mol. The van der Waals surface area contributed by atoms with E-state index in [-0.39, 0.29) is 0 Å². The highest BCUT2D eigenvalue weighted by atomic mass is 35.5. The third-order valence-corrected chi connectivity index (χ3v) is 3.51. The number of rotatable bonds is 4. The number of nitrogens with zero attached hydrogens (tertiary/aromatic N) is 1. The average Bonchev–Trinajstić information content (AvgIpc) is 2.10. The summed E-state index contributed by atoms with van der Waals surface area (Å²) in [7, 11) is 0. The van der Waals surface area contributed by atoms with Crippen molar-refractivity contribution >= 4 is 35.0 Å². The lowest BCUT2D eigenvalue weighted by Crippen LogP contribution is -1.94. The van der Waals surface area contributed by atoms with Gasteiger partial charge in [0.2, 0.25) is 0 Å². The molecule has 14 heavy (non-hydrogen) atoms. The Hall–Kier alpha value is 0.0800. The van der Waals surface area contributed by atoms with Crippen molar-refractivity contribution in [2.75, 3.05) is 5.75 Å². The number of halogens is 2. The summed E-state index contributed by atoms with van der Waals surface area (Å²) in [6.07, 6.45) is 0. The van der Waals surface area contributed by atoms with Crippen LogP contribution in [0, 0.1) is 5.92 Å². The number of thioether (sulfide) groups is 1. The van der Waals surface area contributed by atoms with Crippen molar-refractivity contribution in [3.63, 3.8) is 0 Å². The van der Waals surface area contributed by atoms with Gasteiger partial charge in [-0.25, -0.2) is 4.98 Å². The highest BCUT2D eigenvalue weighted by Crippen LogP contribution is 2.22. The van der Waals surface area contributed by atoms with Crippen LogP contribution in [-0.4, -0.2) is 10.7 Å². The van der Waals surface area contributed by atoms with E-state index in [0.29, 0.717) is 16.1 Å². The fourth-order valence-electron chi connectivity index (χ4n) is 0.950. The van der Waals surface area contributed by atoms with Crippen LogP contribution in [0.1, 0.15) is 19.5 Å². The van der Waals surface area contributed by atoms with E-state index >= 15 is 0 Å². The first-order chi connectivity index (χ1) is 6.59. The van der Waals surface area contributed by atoms with Gasteiger partial charge in [-0.2, -0.15) is 11.8 Å². The van der Waals surface area contributed by atoms with Gasteiger partial charge >= 0.3 is 0 Å². The van der Waals surface area contributed by atoms with Crippen molar-refractivity contribution in [2.45, 2.75) is 19.6 Å². The Morgan fingerprint density at radius 1 is 1.36 bits per heavy atom. The molecule has 0 unspecified atom stereocenters. The van der Waals surface area contributed by atoms with Crippen LogP contribution in [0.4, 0.5) is 0 Å². The first-order valence-electron chi connectivity index (χ1n) is 4.48. The van der Waals surface area contributed by atoms with Gasteiger partial charge in [0.1, 0.15) is 5.15 Å². The summed E-state index contributed by atoms with van der Waals surface area (Å²) in [6.45, 7) is 4.39. The lowest BCUT2D eigenvalue weighted by Gasteiger charge is -2.05. The molecule has 0 amide bonds. The highest BCUT2D eigenvalue weighted by Gasteiger charge is 2.03. The summed E-state index contributed by atoms with van der Waals surface area (Å²) < 4.78 is 0. The van der Waals surface area contributed by atoms with Crippen molar-refractivity contribution in [2.24, 2.45) is 5.92 Å². The summed E-state index contributed by atoms with van der Waals surface area (Å²) in [6, 6.07) is 3.50. The number of aromatic nitrogens is 1. The Bertz CT molecular complexity index is 302. The molecule has 1 heterocycles. The molecule has 0 saturated carbocycles. The Balaban J connectivity index is 2.53.